The van der Waals surface area contributed by atoms with Crippen LogP contribution in [0.15, 0.2) is 48.5 Å². The molecule has 0 saturated carbocycles. The molecule has 3 aliphatic rings. The molecule has 1 fully saturated rings. The Balaban J connectivity index is 1.52. The molecule has 0 bridgehead atoms. The zero-order chi connectivity index (χ0) is 24.1. The number of nitrogens with one attached hydrogen (secondary N) is 1. The predicted molar refractivity (Wildman–Crippen MR) is 126 cm³/mol. The van der Waals surface area contributed by atoms with E-state index in [9.17, 15) is 9.50 Å². The molecule has 3 aromatic carbocycles. The van der Waals surface area contributed by atoms with Crippen molar-refractivity contribution in [3.63, 3.8) is 0 Å². The van der Waals surface area contributed by atoms with Crippen LogP contribution in [-0.4, -0.2) is 39.3 Å². The third kappa shape index (κ3) is 3.60. The molecule has 0 spiro atoms. The number of ether oxygens (including phenoxy) is 5. The number of anilines is 1. The summed E-state index contributed by atoms with van der Waals surface area (Å²) < 4.78 is 41.9. The van der Waals surface area contributed by atoms with Crippen LogP contribution in [0.4, 0.5) is 10.1 Å². The maximum absolute atomic E-state index is 13.5. The molecule has 7 nitrogen and oxygen atoms in total. The Morgan fingerprint density at radius 1 is 0.886 bits per heavy atom. The normalized spacial score (nSPS) is 24.0. The number of rotatable bonds is 5. The van der Waals surface area contributed by atoms with E-state index in [4.69, 9.17) is 23.7 Å². The summed E-state index contributed by atoms with van der Waals surface area (Å²) in [5.41, 5.74) is 3.94. The highest BCUT2D eigenvalue weighted by atomic mass is 19.1. The van der Waals surface area contributed by atoms with Gasteiger partial charge >= 0.3 is 0 Å². The number of hydrogen-bond acceptors (Lipinski definition) is 7. The average molecular weight is 480 g/mol. The van der Waals surface area contributed by atoms with Gasteiger partial charge in [0.2, 0.25) is 12.5 Å². The summed E-state index contributed by atoms with van der Waals surface area (Å²) in [5.74, 6) is 2.02. The van der Waals surface area contributed by atoms with Gasteiger partial charge < -0.3 is 34.1 Å². The van der Waals surface area contributed by atoms with Crippen molar-refractivity contribution in [1.29, 1.82) is 0 Å². The van der Waals surface area contributed by atoms with Gasteiger partial charge in [0, 0.05) is 23.4 Å². The van der Waals surface area contributed by atoms with E-state index in [2.05, 4.69) is 5.32 Å². The molecule has 2 N–H and O–H groups in total. The van der Waals surface area contributed by atoms with Gasteiger partial charge in [-0.2, -0.15) is 0 Å². The number of hydrogen-bond donors (Lipinski definition) is 2. The monoisotopic (exact) mass is 479 g/mol. The molecule has 0 radical (unpaired) electrons. The first-order valence-electron chi connectivity index (χ1n) is 11.6. The number of phenolic OH excluding ortho intramolecular Hbond substituents is 1. The summed E-state index contributed by atoms with van der Waals surface area (Å²) in [6.07, 6.45) is 0. The summed E-state index contributed by atoms with van der Waals surface area (Å²) in [5, 5.41) is 14.1. The van der Waals surface area contributed by atoms with Crippen LogP contribution < -0.4 is 24.3 Å². The molecule has 1 aliphatic carbocycles. The van der Waals surface area contributed by atoms with Crippen molar-refractivity contribution in [2.45, 2.75) is 12.0 Å². The zero-order valence-corrected chi connectivity index (χ0v) is 19.4. The predicted octanol–water partition coefficient (Wildman–Crippen LogP) is 4.84. The van der Waals surface area contributed by atoms with Gasteiger partial charge in [-0.15, -0.1) is 0 Å². The highest BCUT2D eigenvalue weighted by molar-refractivity contribution is 5.60. The van der Waals surface area contributed by atoms with E-state index in [0.29, 0.717) is 36.2 Å². The van der Waals surface area contributed by atoms with Crippen molar-refractivity contribution < 1.29 is 33.2 Å². The molecule has 35 heavy (non-hydrogen) atoms. The van der Waals surface area contributed by atoms with Crippen molar-refractivity contribution >= 4 is 5.69 Å². The fraction of sp³-hybridized carbons (Fsp3) is 0.333. The Morgan fingerprint density at radius 3 is 2.17 bits per heavy atom. The van der Waals surface area contributed by atoms with E-state index in [0.717, 1.165) is 22.4 Å². The van der Waals surface area contributed by atoms with Crippen LogP contribution in [0.2, 0.25) is 0 Å². The fourth-order valence-corrected chi connectivity index (χ4v) is 5.68. The molecule has 6 rings (SSSR count). The number of phenols is 1. The van der Waals surface area contributed by atoms with Gasteiger partial charge in [0.15, 0.2) is 23.0 Å². The SMILES string of the molecule is COc1cc([C@H]2c3cc4c(cc3[C@@H](Nc3ccc(F)cc3)C3COC[C@@H]32)OCO4)cc(OC)c1O. The van der Waals surface area contributed by atoms with Crippen LogP contribution in [-0.2, 0) is 4.74 Å². The van der Waals surface area contributed by atoms with Crippen LogP contribution in [0.25, 0.3) is 0 Å². The molecule has 8 heteroatoms. The average Bonchev–Trinajstić information content (AvgIpc) is 3.54. The quantitative estimate of drug-likeness (QED) is 0.542. The molecular formula is C27H26FNO6. The maximum Gasteiger partial charge on any atom is 0.231 e. The number of fused-ring (bicyclic) bond motifs is 3. The first kappa shape index (κ1) is 21.9. The van der Waals surface area contributed by atoms with Crippen LogP contribution in [0.1, 0.15) is 28.7 Å². The zero-order valence-electron chi connectivity index (χ0n) is 19.4. The second kappa shape index (κ2) is 8.53. The summed E-state index contributed by atoms with van der Waals surface area (Å²) in [7, 11) is 3.05. The molecule has 2 aliphatic heterocycles. The Kier molecular flexibility index (Phi) is 5.33. The maximum atomic E-state index is 13.5. The Labute approximate surface area is 202 Å². The lowest BCUT2D eigenvalue weighted by Gasteiger charge is -2.41. The fourth-order valence-electron chi connectivity index (χ4n) is 5.68. The summed E-state index contributed by atoms with van der Waals surface area (Å²) in [6.45, 7) is 1.34. The third-order valence-corrected chi connectivity index (χ3v) is 7.30. The van der Waals surface area contributed by atoms with Crippen LogP contribution in [0.3, 0.4) is 0 Å². The second-order valence-corrected chi connectivity index (χ2v) is 9.08. The first-order chi connectivity index (χ1) is 17.1. The molecule has 4 atom stereocenters. The highest BCUT2D eigenvalue weighted by Crippen LogP contribution is 2.55. The third-order valence-electron chi connectivity index (χ3n) is 7.30. The minimum absolute atomic E-state index is 0.0319. The van der Waals surface area contributed by atoms with Crippen molar-refractivity contribution in [1.82, 2.24) is 0 Å². The van der Waals surface area contributed by atoms with E-state index in [1.807, 2.05) is 24.3 Å². The number of aromatic hydroxyl groups is 1. The summed E-state index contributed by atoms with van der Waals surface area (Å²) in [4.78, 5) is 0. The summed E-state index contributed by atoms with van der Waals surface area (Å²) in [6, 6.07) is 14.1. The Bertz CT molecular complexity index is 1240. The lowest BCUT2D eigenvalue weighted by molar-refractivity contribution is 0.173. The van der Waals surface area contributed by atoms with Gasteiger partial charge in [0.05, 0.1) is 33.5 Å². The molecule has 2 heterocycles. The van der Waals surface area contributed by atoms with Crippen molar-refractivity contribution in [2.75, 3.05) is 39.5 Å². The smallest absolute Gasteiger partial charge is 0.231 e. The van der Waals surface area contributed by atoms with E-state index in [1.165, 1.54) is 26.4 Å². The van der Waals surface area contributed by atoms with E-state index in [1.54, 1.807) is 12.1 Å². The number of benzene rings is 3. The lowest BCUT2D eigenvalue weighted by atomic mass is 9.65. The lowest BCUT2D eigenvalue weighted by Crippen LogP contribution is -2.36. The van der Waals surface area contributed by atoms with Crippen LogP contribution in [0.5, 0.6) is 28.7 Å². The molecular weight excluding hydrogens is 453 g/mol. The standard InChI is InChI=1S/C27H26FNO6/c1-31-23-7-14(8-24(32-2)27(23)30)25-17-9-21-22(35-13-34-21)10-18(17)26(20-12-33-11-19(20)25)29-16-5-3-15(28)4-6-16/h3-10,19-20,25-26,29-30H,11-13H2,1-2H3/t19-,20?,25-,26+/m0/s1. The van der Waals surface area contributed by atoms with Gasteiger partial charge in [0.25, 0.3) is 0 Å². The van der Waals surface area contributed by atoms with Gasteiger partial charge in [0.1, 0.15) is 5.82 Å². The van der Waals surface area contributed by atoms with Crippen LogP contribution >= 0.6 is 0 Å². The van der Waals surface area contributed by atoms with Crippen molar-refractivity contribution in [3.8, 4) is 28.7 Å². The molecule has 1 unspecified atom stereocenters. The molecule has 3 aromatic rings. The van der Waals surface area contributed by atoms with Crippen molar-refractivity contribution in [2.24, 2.45) is 11.8 Å². The van der Waals surface area contributed by atoms with Gasteiger partial charge in [-0.05, 0) is 65.2 Å². The molecule has 1 saturated heterocycles. The van der Waals surface area contributed by atoms with Gasteiger partial charge in [-0.1, -0.05) is 0 Å². The van der Waals surface area contributed by atoms with Gasteiger partial charge in [-0.25, -0.2) is 4.39 Å². The number of halogens is 1. The van der Waals surface area contributed by atoms with Crippen LogP contribution in [0, 0.1) is 17.7 Å². The Hall–Kier alpha value is -3.65. The first-order valence-corrected chi connectivity index (χ1v) is 11.6. The molecule has 182 valence electrons. The topological polar surface area (TPSA) is 78.4 Å². The van der Waals surface area contributed by atoms with E-state index < -0.39 is 0 Å². The largest absolute Gasteiger partial charge is 0.502 e. The number of methoxy groups -OCH3 is 2. The minimum Gasteiger partial charge on any atom is -0.502 e. The molecule has 0 amide bonds. The highest BCUT2D eigenvalue weighted by Gasteiger charge is 2.47. The van der Waals surface area contributed by atoms with E-state index >= 15 is 0 Å². The minimum atomic E-state index is -0.277. The van der Waals surface area contributed by atoms with Gasteiger partial charge in [-0.3, -0.25) is 0 Å². The van der Waals surface area contributed by atoms with Crippen molar-refractivity contribution in [3.05, 3.63) is 71.0 Å². The van der Waals surface area contributed by atoms with E-state index in [-0.39, 0.29) is 42.2 Å². The summed E-state index contributed by atoms with van der Waals surface area (Å²) >= 11 is 0. The Morgan fingerprint density at radius 2 is 1.51 bits per heavy atom. The molecule has 0 aromatic heterocycles. The second-order valence-electron chi connectivity index (χ2n) is 9.08.